The number of thiophene rings is 1. The van der Waals surface area contributed by atoms with E-state index in [1.807, 2.05) is 23.6 Å². The fourth-order valence-electron chi connectivity index (χ4n) is 2.67. The summed E-state index contributed by atoms with van der Waals surface area (Å²) in [6, 6.07) is 7.63. The molecule has 0 saturated heterocycles. The van der Waals surface area contributed by atoms with Crippen LogP contribution in [0.2, 0.25) is 0 Å². The fourth-order valence-corrected chi connectivity index (χ4v) is 4.35. The molecule has 2 aromatic heterocycles. The summed E-state index contributed by atoms with van der Waals surface area (Å²) >= 11 is 2.92. The van der Waals surface area contributed by atoms with Crippen LogP contribution in [-0.2, 0) is 6.54 Å². The minimum atomic E-state index is -0.196. The van der Waals surface area contributed by atoms with Crippen LogP contribution in [0.25, 0.3) is 10.2 Å². The van der Waals surface area contributed by atoms with Gasteiger partial charge in [0.05, 0.1) is 15.1 Å². The third-order valence-electron chi connectivity index (χ3n) is 3.72. The third kappa shape index (κ3) is 2.74. The fraction of sp³-hybridized carbons (Fsp3) is 0.294. The first-order chi connectivity index (χ1) is 11.8. The van der Waals surface area contributed by atoms with Gasteiger partial charge in [0.15, 0.2) is 16.3 Å². The van der Waals surface area contributed by atoms with E-state index in [1.165, 1.54) is 22.7 Å². The molecule has 3 heterocycles. The lowest BCUT2D eigenvalue weighted by Gasteiger charge is -2.18. The van der Waals surface area contributed by atoms with Gasteiger partial charge in [-0.25, -0.2) is 0 Å². The molecule has 5 nitrogen and oxygen atoms in total. The Labute approximate surface area is 146 Å². The molecule has 0 aliphatic carbocycles. The summed E-state index contributed by atoms with van der Waals surface area (Å²) < 4.78 is 14.5. The van der Waals surface area contributed by atoms with Gasteiger partial charge in [-0.1, -0.05) is 24.3 Å². The van der Waals surface area contributed by atoms with E-state index in [4.69, 9.17) is 9.47 Å². The van der Waals surface area contributed by atoms with Gasteiger partial charge in [0.25, 0.3) is 5.91 Å². The minimum Gasteiger partial charge on any atom is -0.486 e. The second kappa shape index (κ2) is 6.41. The van der Waals surface area contributed by atoms with Crippen LogP contribution in [0.5, 0.6) is 11.5 Å². The number of carbonyl (C=O) groups is 1. The third-order valence-corrected chi connectivity index (χ3v) is 5.62. The number of fused-ring (bicyclic) bond motifs is 2. The SMILES string of the molecule is CCCn1c(=NC(=O)c2cccs2)sc2cc3c(cc21)OCCO3. The zero-order valence-corrected chi connectivity index (χ0v) is 14.8. The van der Waals surface area contributed by atoms with Gasteiger partial charge in [0.1, 0.15) is 13.2 Å². The summed E-state index contributed by atoms with van der Waals surface area (Å²) in [6.07, 6.45) is 0.959. The molecule has 1 aliphatic rings. The van der Waals surface area contributed by atoms with Crippen molar-refractivity contribution in [2.45, 2.75) is 19.9 Å². The number of benzene rings is 1. The maximum atomic E-state index is 12.4. The first kappa shape index (κ1) is 15.4. The molecule has 7 heteroatoms. The van der Waals surface area contributed by atoms with Crippen LogP contribution in [0.3, 0.4) is 0 Å². The highest BCUT2D eigenvalue weighted by Crippen LogP contribution is 2.35. The van der Waals surface area contributed by atoms with Gasteiger partial charge in [0, 0.05) is 18.7 Å². The van der Waals surface area contributed by atoms with Crippen LogP contribution in [-0.4, -0.2) is 23.7 Å². The van der Waals surface area contributed by atoms with E-state index in [1.54, 1.807) is 6.07 Å². The molecule has 1 aromatic carbocycles. The molecular formula is C17H16N2O3S2. The van der Waals surface area contributed by atoms with E-state index in [9.17, 15) is 4.79 Å². The van der Waals surface area contributed by atoms with Crippen molar-refractivity contribution < 1.29 is 14.3 Å². The average molecular weight is 360 g/mol. The number of carbonyl (C=O) groups excluding carboxylic acids is 1. The van der Waals surface area contributed by atoms with Crippen molar-refractivity contribution in [2.24, 2.45) is 4.99 Å². The van der Waals surface area contributed by atoms with Crippen molar-refractivity contribution in [3.05, 3.63) is 39.3 Å². The van der Waals surface area contributed by atoms with Crippen molar-refractivity contribution in [3.63, 3.8) is 0 Å². The monoisotopic (exact) mass is 360 g/mol. The smallest absolute Gasteiger partial charge is 0.289 e. The number of amides is 1. The largest absolute Gasteiger partial charge is 0.486 e. The van der Waals surface area contributed by atoms with Crippen molar-refractivity contribution in [1.29, 1.82) is 0 Å². The van der Waals surface area contributed by atoms with Crippen LogP contribution in [0.1, 0.15) is 23.0 Å². The molecule has 0 N–H and O–H groups in total. The molecule has 1 aliphatic heterocycles. The molecule has 0 unspecified atom stereocenters. The topological polar surface area (TPSA) is 52.8 Å². The number of ether oxygens (including phenoxy) is 2. The summed E-state index contributed by atoms with van der Waals surface area (Å²) in [7, 11) is 0. The first-order valence-electron chi connectivity index (χ1n) is 7.82. The Hall–Kier alpha value is -2.12. The maximum Gasteiger partial charge on any atom is 0.289 e. The van der Waals surface area contributed by atoms with Gasteiger partial charge in [-0.2, -0.15) is 4.99 Å². The molecule has 0 atom stereocenters. The molecular weight excluding hydrogens is 344 g/mol. The molecule has 124 valence electrons. The second-order valence-corrected chi connectivity index (χ2v) is 7.35. The maximum absolute atomic E-state index is 12.4. The first-order valence-corrected chi connectivity index (χ1v) is 9.51. The second-order valence-electron chi connectivity index (χ2n) is 5.39. The lowest BCUT2D eigenvalue weighted by molar-refractivity contribution is 0.100. The lowest BCUT2D eigenvalue weighted by Crippen LogP contribution is -2.17. The molecule has 0 spiro atoms. The molecule has 24 heavy (non-hydrogen) atoms. The number of aromatic nitrogens is 1. The van der Waals surface area contributed by atoms with Gasteiger partial charge in [-0.05, 0) is 17.9 Å². The van der Waals surface area contributed by atoms with E-state index in [0.717, 1.165) is 34.7 Å². The molecule has 0 saturated carbocycles. The highest BCUT2D eigenvalue weighted by molar-refractivity contribution is 7.16. The molecule has 0 bridgehead atoms. The Balaban J connectivity index is 1.88. The summed E-state index contributed by atoms with van der Waals surface area (Å²) in [5, 5.41) is 1.89. The number of hydrogen-bond acceptors (Lipinski definition) is 5. The number of thiazole rings is 1. The Bertz CT molecular complexity index is 954. The summed E-state index contributed by atoms with van der Waals surface area (Å²) in [5.74, 6) is 1.32. The zero-order chi connectivity index (χ0) is 16.5. The van der Waals surface area contributed by atoms with Crippen molar-refractivity contribution in [2.75, 3.05) is 13.2 Å². The summed E-state index contributed by atoms with van der Waals surface area (Å²) in [5.41, 5.74) is 1.03. The van der Waals surface area contributed by atoms with Crippen LogP contribution < -0.4 is 14.3 Å². The van der Waals surface area contributed by atoms with Crippen molar-refractivity contribution in [1.82, 2.24) is 4.57 Å². The van der Waals surface area contributed by atoms with Crippen LogP contribution in [0, 0.1) is 0 Å². The van der Waals surface area contributed by atoms with Crippen LogP contribution >= 0.6 is 22.7 Å². The quantitative estimate of drug-likeness (QED) is 0.716. The molecule has 0 radical (unpaired) electrons. The minimum absolute atomic E-state index is 0.196. The van der Waals surface area contributed by atoms with Gasteiger partial charge in [-0.3, -0.25) is 4.79 Å². The molecule has 0 fully saturated rings. The summed E-state index contributed by atoms with van der Waals surface area (Å²) in [6.45, 7) is 4.03. The standard InChI is InChI=1S/C17H16N2O3S2/c1-2-5-19-11-9-12-13(22-7-6-21-12)10-15(11)24-17(19)18-16(20)14-4-3-8-23-14/h3-4,8-10H,2,5-7H2,1H3. The molecule has 4 rings (SSSR count). The van der Waals surface area contributed by atoms with Gasteiger partial charge < -0.3 is 14.0 Å². The van der Waals surface area contributed by atoms with Gasteiger partial charge in [0.2, 0.25) is 0 Å². The predicted molar refractivity (Wildman–Crippen MR) is 95.3 cm³/mol. The number of aryl methyl sites for hydroxylation is 1. The van der Waals surface area contributed by atoms with E-state index in [-0.39, 0.29) is 5.91 Å². The number of nitrogens with zero attached hydrogens (tertiary/aromatic N) is 2. The van der Waals surface area contributed by atoms with E-state index >= 15 is 0 Å². The van der Waals surface area contributed by atoms with Crippen molar-refractivity contribution >= 4 is 38.8 Å². The normalized spacial score (nSPS) is 14.3. The Kier molecular flexibility index (Phi) is 4.12. The zero-order valence-electron chi connectivity index (χ0n) is 13.2. The van der Waals surface area contributed by atoms with E-state index in [2.05, 4.69) is 16.5 Å². The van der Waals surface area contributed by atoms with Crippen LogP contribution in [0.4, 0.5) is 0 Å². The Morgan fingerprint density at radius 3 is 2.79 bits per heavy atom. The molecule has 3 aromatic rings. The van der Waals surface area contributed by atoms with Gasteiger partial charge in [-0.15, -0.1) is 11.3 Å². The Morgan fingerprint density at radius 2 is 2.08 bits per heavy atom. The lowest BCUT2D eigenvalue weighted by atomic mass is 10.2. The molecule has 1 amide bonds. The van der Waals surface area contributed by atoms with E-state index in [0.29, 0.717) is 22.9 Å². The average Bonchev–Trinajstić information content (AvgIpc) is 3.22. The Morgan fingerprint density at radius 1 is 1.29 bits per heavy atom. The highest BCUT2D eigenvalue weighted by Gasteiger charge is 2.16. The van der Waals surface area contributed by atoms with Crippen LogP contribution in [0.15, 0.2) is 34.6 Å². The predicted octanol–water partition coefficient (Wildman–Crippen LogP) is 3.69. The number of hydrogen-bond donors (Lipinski definition) is 0. The summed E-state index contributed by atoms with van der Waals surface area (Å²) in [4.78, 5) is 18.1. The van der Waals surface area contributed by atoms with Crippen molar-refractivity contribution in [3.8, 4) is 11.5 Å². The highest BCUT2D eigenvalue weighted by atomic mass is 32.1. The number of rotatable bonds is 3. The van der Waals surface area contributed by atoms with E-state index < -0.39 is 0 Å². The van der Waals surface area contributed by atoms with Gasteiger partial charge >= 0.3 is 0 Å².